The van der Waals surface area contributed by atoms with Crippen molar-refractivity contribution in [3.05, 3.63) is 45.8 Å². The van der Waals surface area contributed by atoms with E-state index in [0.717, 1.165) is 58.4 Å². The second-order valence-corrected chi connectivity index (χ2v) is 16.2. The number of likely N-dealkylation sites (tertiary alicyclic amines) is 2. The molecule has 4 fully saturated rings. The number of carbonyl (C=O) groups is 2. The van der Waals surface area contributed by atoms with Crippen molar-refractivity contribution in [3.63, 3.8) is 0 Å². The van der Waals surface area contributed by atoms with Crippen molar-refractivity contribution in [2.24, 2.45) is 5.92 Å². The van der Waals surface area contributed by atoms with Crippen LogP contribution in [0.25, 0.3) is 21.5 Å². The summed E-state index contributed by atoms with van der Waals surface area (Å²) in [7, 11) is 0. The SMILES string of the molecule is Cc1cc(C)cc(-c2[nH]c3sc(C(C)(C)C(=O)N4C5CCC4CC5)cc3c2CCN2CCC(CC(=O)N3CCCCC3)CC2)c1. The number of thiophene rings is 1. The molecule has 6 heterocycles. The third-order valence-corrected chi connectivity index (χ3v) is 12.9. The molecular formula is C38H52N4O2S. The molecule has 0 unspecified atom stereocenters. The van der Waals surface area contributed by atoms with Crippen molar-refractivity contribution in [3.8, 4) is 11.3 Å². The molecule has 2 aromatic heterocycles. The molecule has 7 heteroatoms. The minimum Gasteiger partial charge on any atom is -0.346 e. The summed E-state index contributed by atoms with van der Waals surface area (Å²) in [5.74, 6) is 1.22. The molecule has 0 spiro atoms. The molecular weight excluding hydrogens is 577 g/mol. The predicted octanol–water partition coefficient (Wildman–Crippen LogP) is 7.60. The lowest BCUT2D eigenvalue weighted by molar-refractivity contribution is -0.137. The third-order valence-electron chi connectivity index (χ3n) is 11.5. The maximum atomic E-state index is 14.0. The van der Waals surface area contributed by atoms with E-state index in [1.54, 1.807) is 11.3 Å². The van der Waals surface area contributed by atoms with Crippen LogP contribution in [0.3, 0.4) is 0 Å². The first-order chi connectivity index (χ1) is 21.7. The number of hydrogen-bond donors (Lipinski definition) is 1. The highest BCUT2D eigenvalue weighted by Gasteiger charge is 2.47. The lowest BCUT2D eigenvalue weighted by Crippen LogP contribution is -2.45. The van der Waals surface area contributed by atoms with Crippen molar-refractivity contribution < 1.29 is 9.59 Å². The van der Waals surface area contributed by atoms with Gasteiger partial charge < -0.3 is 19.7 Å². The number of aryl methyl sites for hydroxylation is 2. The second kappa shape index (κ2) is 12.5. The van der Waals surface area contributed by atoms with Crippen LogP contribution in [-0.4, -0.2) is 76.3 Å². The van der Waals surface area contributed by atoms with E-state index in [4.69, 9.17) is 0 Å². The average molecular weight is 629 g/mol. The van der Waals surface area contributed by atoms with Gasteiger partial charge in [0.05, 0.1) is 11.1 Å². The molecule has 0 aliphatic carbocycles. The minimum atomic E-state index is -0.527. The number of aromatic amines is 1. The highest BCUT2D eigenvalue weighted by Crippen LogP contribution is 2.44. The molecule has 4 saturated heterocycles. The van der Waals surface area contributed by atoms with Crippen molar-refractivity contribution in [1.29, 1.82) is 0 Å². The molecule has 1 aromatic carbocycles. The lowest BCUT2D eigenvalue weighted by atomic mass is 9.88. The van der Waals surface area contributed by atoms with E-state index in [-0.39, 0.29) is 0 Å². The molecule has 242 valence electrons. The molecule has 0 radical (unpaired) electrons. The Labute approximate surface area is 273 Å². The number of amides is 2. The van der Waals surface area contributed by atoms with Crippen molar-refractivity contribution in [1.82, 2.24) is 19.7 Å². The number of nitrogens with one attached hydrogen (secondary N) is 1. The summed E-state index contributed by atoms with van der Waals surface area (Å²) in [6.45, 7) is 13.7. The maximum absolute atomic E-state index is 14.0. The summed E-state index contributed by atoms with van der Waals surface area (Å²) in [5.41, 5.74) is 5.90. The number of H-pyrrole nitrogens is 1. The zero-order valence-electron chi connectivity index (χ0n) is 27.9. The van der Waals surface area contributed by atoms with Gasteiger partial charge in [0.15, 0.2) is 0 Å². The molecule has 45 heavy (non-hydrogen) atoms. The molecule has 0 atom stereocenters. The number of piperidine rings is 2. The van der Waals surface area contributed by atoms with Gasteiger partial charge in [0.2, 0.25) is 11.8 Å². The molecule has 2 bridgehead atoms. The largest absolute Gasteiger partial charge is 0.346 e. The number of aromatic nitrogens is 1. The molecule has 6 nitrogen and oxygen atoms in total. The summed E-state index contributed by atoms with van der Waals surface area (Å²) in [4.78, 5) is 40.0. The van der Waals surface area contributed by atoms with Crippen LogP contribution in [0.5, 0.6) is 0 Å². The Kier molecular flexibility index (Phi) is 8.62. The van der Waals surface area contributed by atoms with E-state index >= 15 is 0 Å². The average Bonchev–Trinajstić information content (AvgIpc) is 3.81. The molecule has 4 aliphatic rings. The van der Waals surface area contributed by atoms with Gasteiger partial charge in [-0.3, -0.25) is 9.59 Å². The topological polar surface area (TPSA) is 59.7 Å². The van der Waals surface area contributed by atoms with E-state index in [0.29, 0.717) is 29.8 Å². The second-order valence-electron chi connectivity index (χ2n) is 15.2. The van der Waals surface area contributed by atoms with Crippen LogP contribution in [0.2, 0.25) is 0 Å². The van der Waals surface area contributed by atoms with Crippen LogP contribution in [0.4, 0.5) is 0 Å². The van der Waals surface area contributed by atoms with Crippen LogP contribution in [-0.2, 0) is 21.4 Å². The monoisotopic (exact) mass is 628 g/mol. The number of fused-ring (bicyclic) bond motifs is 3. The number of benzene rings is 1. The van der Waals surface area contributed by atoms with Gasteiger partial charge >= 0.3 is 0 Å². The first kappa shape index (κ1) is 31.0. The standard InChI is InChI=1S/C38H52N4O2S/c1-25-20-26(2)22-28(21-25)35-31(14-19-40-17-12-27(13-18-40)23-34(43)41-15-6-5-7-16-41)32-24-33(45-36(32)39-35)38(3,4)37(44)42-29-8-9-30(42)11-10-29/h20-22,24,27,29-30,39H,5-19,23H2,1-4H3. The first-order valence-corrected chi connectivity index (χ1v) is 18.6. The Morgan fingerprint density at radius 2 is 1.51 bits per heavy atom. The quantitative estimate of drug-likeness (QED) is 0.280. The molecule has 7 rings (SSSR count). The predicted molar refractivity (Wildman–Crippen MR) is 185 cm³/mol. The Hall–Kier alpha value is -2.64. The fraction of sp³-hybridized carbons (Fsp3) is 0.632. The Morgan fingerprint density at radius 3 is 2.16 bits per heavy atom. The maximum Gasteiger partial charge on any atom is 0.233 e. The van der Waals surface area contributed by atoms with E-state index in [1.165, 1.54) is 88.0 Å². The number of rotatable bonds is 8. The first-order valence-electron chi connectivity index (χ1n) is 17.7. The molecule has 1 N–H and O–H groups in total. The van der Waals surface area contributed by atoms with Crippen LogP contribution in [0.1, 0.15) is 99.6 Å². The molecule has 2 amide bonds. The van der Waals surface area contributed by atoms with Gasteiger partial charge in [-0.25, -0.2) is 0 Å². The normalized spacial score (nSPS) is 23.0. The van der Waals surface area contributed by atoms with E-state index in [1.807, 2.05) is 0 Å². The fourth-order valence-electron chi connectivity index (χ4n) is 8.84. The van der Waals surface area contributed by atoms with Crippen LogP contribution in [0, 0.1) is 19.8 Å². The molecule has 3 aromatic rings. The van der Waals surface area contributed by atoms with Crippen molar-refractivity contribution in [2.75, 3.05) is 32.7 Å². The smallest absolute Gasteiger partial charge is 0.233 e. The highest BCUT2D eigenvalue weighted by atomic mass is 32.1. The Morgan fingerprint density at radius 1 is 0.867 bits per heavy atom. The summed E-state index contributed by atoms with van der Waals surface area (Å²) in [5, 5.41) is 1.29. The van der Waals surface area contributed by atoms with Crippen LogP contribution >= 0.6 is 11.3 Å². The fourth-order valence-corrected chi connectivity index (χ4v) is 10.0. The Balaban J connectivity index is 1.09. The van der Waals surface area contributed by atoms with Gasteiger partial charge in [-0.2, -0.15) is 0 Å². The summed E-state index contributed by atoms with van der Waals surface area (Å²) in [6, 6.07) is 10.1. The van der Waals surface area contributed by atoms with E-state index < -0.39 is 5.41 Å². The van der Waals surface area contributed by atoms with Gasteiger partial charge in [-0.1, -0.05) is 17.2 Å². The zero-order chi connectivity index (χ0) is 31.3. The summed E-state index contributed by atoms with van der Waals surface area (Å²) < 4.78 is 0. The highest BCUT2D eigenvalue weighted by molar-refractivity contribution is 7.19. The van der Waals surface area contributed by atoms with E-state index in [2.05, 4.69) is 71.6 Å². The lowest BCUT2D eigenvalue weighted by Gasteiger charge is -2.33. The van der Waals surface area contributed by atoms with Gasteiger partial charge in [-0.05, 0) is 140 Å². The van der Waals surface area contributed by atoms with Gasteiger partial charge in [0.1, 0.15) is 4.83 Å². The molecule has 4 aliphatic heterocycles. The number of carbonyl (C=O) groups excluding carboxylic acids is 2. The van der Waals surface area contributed by atoms with Gasteiger partial charge in [0.25, 0.3) is 0 Å². The van der Waals surface area contributed by atoms with E-state index in [9.17, 15) is 9.59 Å². The van der Waals surface area contributed by atoms with Crippen LogP contribution in [0.15, 0.2) is 24.3 Å². The number of nitrogens with zero attached hydrogens (tertiary/aromatic N) is 3. The Bertz CT molecular complexity index is 1510. The third kappa shape index (κ3) is 6.12. The van der Waals surface area contributed by atoms with Gasteiger partial charge in [0, 0.05) is 48.4 Å². The minimum absolute atomic E-state index is 0.314. The molecule has 0 saturated carbocycles. The van der Waals surface area contributed by atoms with Crippen molar-refractivity contribution in [2.45, 2.75) is 116 Å². The summed E-state index contributed by atoms with van der Waals surface area (Å²) >= 11 is 1.78. The number of hydrogen-bond acceptors (Lipinski definition) is 4. The zero-order valence-corrected chi connectivity index (χ0v) is 28.7. The van der Waals surface area contributed by atoms with Crippen LogP contribution < -0.4 is 0 Å². The van der Waals surface area contributed by atoms with Gasteiger partial charge in [-0.15, -0.1) is 11.3 Å². The summed E-state index contributed by atoms with van der Waals surface area (Å²) in [6.07, 6.45) is 12.2. The van der Waals surface area contributed by atoms with Crippen molar-refractivity contribution >= 4 is 33.4 Å².